The quantitative estimate of drug-likeness (QED) is 0.933. The molecule has 17 heavy (non-hydrogen) atoms. The number of nitrogens with zero attached hydrogens (tertiary/aromatic N) is 2. The van der Waals surface area contributed by atoms with Crippen LogP contribution in [-0.2, 0) is 6.42 Å². The van der Waals surface area contributed by atoms with Gasteiger partial charge in [0.2, 0.25) is 0 Å². The zero-order valence-corrected chi connectivity index (χ0v) is 10.5. The maximum absolute atomic E-state index is 9.25. The van der Waals surface area contributed by atoms with Gasteiger partial charge in [-0.05, 0) is 24.6 Å². The van der Waals surface area contributed by atoms with Gasteiger partial charge in [-0.2, -0.15) is 4.98 Å². The van der Waals surface area contributed by atoms with E-state index in [9.17, 15) is 5.11 Å². The summed E-state index contributed by atoms with van der Waals surface area (Å²) in [6, 6.07) is 5.22. The Labute approximate surface area is 108 Å². The molecule has 2 aromatic rings. The lowest BCUT2D eigenvalue weighted by atomic mass is 10.1. The van der Waals surface area contributed by atoms with Crippen molar-refractivity contribution >= 4 is 23.2 Å². The van der Waals surface area contributed by atoms with E-state index in [2.05, 4.69) is 10.1 Å². The lowest BCUT2D eigenvalue weighted by Crippen LogP contribution is -1.94. The molecule has 0 fully saturated rings. The third-order valence-electron chi connectivity index (χ3n) is 2.20. The van der Waals surface area contributed by atoms with Gasteiger partial charge in [0.15, 0.2) is 5.82 Å². The number of rotatable bonds is 3. The van der Waals surface area contributed by atoms with Crippen LogP contribution in [0.15, 0.2) is 22.7 Å². The molecule has 1 heterocycles. The molecule has 0 bridgehead atoms. The Bertz CT molecular complexity index is 526. The molecule has 0 aliphatic rings. The van der Waals surface area contributed by atoms with E-state index in [-0.39, 0.29) is 5.89 Å². The maximum Gasteiger partial charge on any atom is 0.255 e. The number of aromatic nitrogens is 2. The van der Waals surface area contributed by atoms with Gasteiger partial charge in [0.1, 0.15) is 6.10 Å². The van der Waals surface area contributed by atoms with E-state index in [1.807, 2.05) is 6.07 Å². The number of aliphatic hydroxyl groups excluding tert-OH is 1. The van der Waals surface area contributed by atoms with Crippen LogP contribution < -0.4 is 0 Å². The number of hydrogen-bond donors (Lipinski definition) is 1. The van der Waals surface area contributed by atoms with Crippen LogP contribution in [0.1, 0.15) is 30.3 Å². The van der Waals surface area contributed by atoms with Crippen molar-refractivity contribution in [3.8, 4) is 0 Å². The van der Waals surface area contributed by atoms with E-state index in [0.29, 0.717) is 22.3 Å². The summed E-state index contributed by atoms with van der Waals surface area (Å²) in [4.78, 5) is 4.05. The topological polar surface area (TPSA) is 59.2 Å². The van der Waals surface area contributed by atoms with Crippen LogP contribution in [0, 0.1) is 0 Å². The molecule has 0 saturated heterocycles. The number of halogens is 2. The van der Waals surface area contributed by atoms with E-state index in [4.69, 9.17) is 27.7 Å². The van der Waals surface area contributed by atoms with Crippen LogP contribution in [-0.4, -0.2) is 15.2 Å². The van der Waals surface area contributed by atoms with Gasteiger partial charge in [0.25, 0.3) is 5.89 Å². The minimum atomic E-state index is -0.767. The highest BCUT2D eigenvalue weighted by molar-refractivity contribution is 6.35. The molecule has 1 atom stereocenters. The standard InChI is InChI=1S/C11H10Cl2N2O2/c1-6(16)11-14-10(15-17-11)4-7-2-3-8(12)5-9(7)13/h2-3,5-6,16H,4H2,1H3/t6-/m0/s1. The molecule has 4 nitrogen and oxygen atoms in total. The summed E-state index contributed by atoms with van der Waals surface area (Å²) in [7, 11) is 0. The molecule has 2 rings (SSSR count). The number of benzene rings is 1. The highest BCUT2D eigenvalue weighted by Gasteiger charge is 2.12. The molecule has 0 saturated carbocycles. The van der Waals surface area contributed by atoms with Gasteiger partial charge >= 0.3 is 0 Å². The Balaban J connectivity index is 2.19. The summed E-state index contributed by atoms with van der Waals surface area (Å²) in [5.41, 5.74) is 0.856. The first-order valence-electron chi connectivity index (χ1n) is 5.00. The van der Waals surface area contributed by atoms with Crippen LogP contribution in [0.2, 0.25) is 10.0 Å². The average molecular weight is 273 g/mol. The summed E-state index contributed by atoms with van der Waals surface area (Å²) < 4.78 is 4.88. The Morgan fingerprint density at radius 1 is 1.41 bits per heavy atom. The molecule has 0 spiro atoms. The first-order chi connectivity index (χ1) is 8.06. The van der Waals surface area contributed by atoms with Crippen molar-refractivity contribution < 1.29 is 9.63 Å². The van der Waals surface area contributed by atoms with E-state index < -0.39 is 6.10 Å². The number of aliphatic hydroxyl groups is 1. The van der Waals surface area contributed by atoms with E-state index in [1.165, 1.54) is 0 Å². The molecular formula is C11H10Cl2N2O2. The molecule has 1 N–H and O–H groups in total. The van der Waals surface area contributed by atoms with Crippen molar-refractivity contribution in [3.63, 3.8) is 0 Å². The van der Waals surface area contributed by atoms with Crippen molar-refractivity contribution in [1.82, 2.24) is 10.1 Å². The Morgan fingerprint density at radius 2 is 2.18 bits per heavy atom. The second-order valence-electron chi connectivity index (χ2n) is 3.64. The monoisotopic (exact) mass is 272 g/mol. The lowest BCUT2D eigenvalue weighted by molar-refractivity contribution is 0.151. The summed E-state index contributed by atoms with van der Waals surface area (Å²) >= 11 is 11.8. The van der Waals surface area contributed by atoms with Gasteiger partial charge in [-0.25, -0.2) is 0 Å². The molecule has 1 aromatic carbocycles. The summed E-state index contributed by atoms with van der Waals surface area (Å²) in [6.07, 6.45) is -0.330. The molecule has 1 aromatic heterocycles. The van der Waals surface area contributed by atoms with Crippen LogP contribution in [0.25, 0.3) is 0 Å². The predicted octanol–water partition coefficient (Wildman–Crippen LogP) is 3.02. The fraction of sp³-hybridized carbons (Fsp3) is 0.273. The van der Waals surface area contributed by atoms with Crippen molar-refractivity contribution in [3.05, 3.63) is 45.5 Å². The second-order valence-corrected chi connectivity index (χ2v) is 4.48. The Kier molecular flexibility index (Phi) is 3.66. The Hall–Kier alpha value is -1.10. The van der Waals surface area contributed by atoms with Crippen molar-refractivity contribution in [2.45, 2.75) is 19.4 Å². The lowest BCUT2D eigenvalue weighted by Gasteiger charge is -2.00. The first kappa shape index (κ1) is 12.4. The van der Waals surface area contributed by atoms with E-state index in [0.717, 1.165) is 5.56 Å². The summed E-state index contributed by atoms with van der Waals surface area (Å²) in [5.74, 6) is 0.676. The van der Waals surface area contributed by atoms with Gasteiger partial charge in [0.05, 0.1) is 0 Å². The third-order valence-corrected chi connectivity index (χ3v) is 2.79. The molecule has 0 unspecified atom stereocenters. The second kappa shape index (κ2) is 5.04. The molecule has 90 valence electrons. The summed E-state index contributed by atoms with van der Waals surface area (Å²) in [5, 5.41) is 14.1. The van der Waals surface area contributed by atoms with Crippen molar-refractivity contribution in [2.24, 2.45) is 0 Å². The van der Waals surface area contributed by atoms with Crippen LogP contribution >= 0.6 is 23.2 Å². The van der Waals surface area contributed by atoms with Crippen molar-refractivity contribution in [1.29, 1.82) is 0 Å². The average Bonchev–Trinajstić information content (AvgIpc) is 2.71. The SMILES string of the molecule is C[C@H](O)c1nc(Cc2ccc(Cl)cc2Cl)no1. The Morgan fingerprint density at radius 3 is 2.76 bits per heavy atom. The van der Waals surface area contributed by atoms with E-state index in [1.54, 1.807) is 19.1 Å². The van der Waals surface area contributed by atoms with E-state index >= 15 is 0 Å². The van der Waals surface area contributed by atoms with Gasteiger partial charge in [-0.3, -0.25) is 0 Å². The molecular weight excluding hydrogens is 263 g/mol. The maximum atomic E-state index is 9.25. The van der Waals surface area contributed by atoms with Gasteiger partial charge in [-0.15, -0.1) is 0 Å². The predicted molar refractivity (Wildman–Crippen MR) is 64.2 cm³/mol. The minimum absolute atomic E-state index is 0.199. The zero-order valence-electron chi connectivity index (χ0n) is 9.02. The first-order valence-corrected chi connectivity index (χ1v) is 5.76. The summed E-state index contributed by atoms with van der Waals surface area (Å²) in [6.45, 7) is 1.56. The van der Waals surface area contributed by atoms with Crippen LogP contribution in [0.3, 0.4) is 0 Å². The number of hydrogen-bond acceptors (Lipinski definition) is 4. The largest absolute Gasteiger partial charge is 0.384 e. The fourth-order valence-corrected chi connectivity index (χ4v) is 1.82. The third kappa shape index (κ3) is 2.97. The normalized spacial score (nSPS) is 12.7. The highest BCUT2D eigenvalue weighted by Crippen LogP contribution is 2.23. The smallest absolute Gasteiger partial charge is 0.255 e. The molecule has 0 amide bonds. The van der Waals surface area contributed by atoms with Gasteiger partial charge < -0.3 is 9.63 Å². The van der Waals surface area contributed by atoms with Crippen LogP contribution in [0.5, 0.6) is 0 Å². The highest BCUT2D eigenvalue weighted by atomic mass is 35.5. The molecule has 0 aliphatic heterocycles. The zero-order chi connectivity index (χ0) is 12.4. The molecule has 0 aliphatic carbocycles. The van der Waals surface area contributed by atoms with Gasteiger partial charge in [0, 0.05) is 16.5 Å². The molecule has 0 radical (unpaired) electrons. The molecule has 6 heteroatoms. The van der Waals surface area contributed by atoms with Crippen molar-refractivity contribution in [2.75, 3.05) is 0 Å². The van der Waals surface area contributed by atoms with Crippen LogP contribution in [0.4, 0.5) is 0 Å². The minimum Gasteiger partial charge on any atom is -0.384 e. The fourth-order valence-electron chi connectivity index (χ4n) is 1.34. The van der Waals surface area contributed by atoms with Gasteiger partial charge in [-0.1, -0.05) is 34.4 Å².